The molecule has 0 radical (unpaired) electrons. The Morgan fingerprint density at radius 1 is 0.564 bits per heavy atom. The molecule has 0 aliphatic rings. The van der Waals surface area contributed by atoms with Gasteiger partial charge in [-0.2, -0.15) is 0 Å². The molecular weight excluding hydrogens is 583 g/mol. The van der Waals surface area contributed by atoms with Gasteiger partial charge in [-0.25, -0.2) is 0 Å². The number of allylic oxidation sites excluding steroid dienone is 2. The van der Waals surface area contributed by atoms with Gasteiger partial charge >= 0.3 is 121 Å². The normalized spacial score (nSPS) is 10.7. The first-order valence-corrected chi connectivity index (χ1v) is 19.4. The van der Waals surface area contributed by atoms with Gasteiger partial charge in [-0.05, 0) is 38.5 Å². The van der Waals surface area contributed by atoms with Crippen LogP contribution in [0.3, 0.4) is 0 Å². The Morgan fingerprint density at radius 3 is 1.31 bits per heavy atom. The Balaban J connectivity index is 0.000000273. The summed E-state index contributed by atoms with van der Waals surface area (Å²) in [6.07, 6.45) is 20.9. The molecule has 208 valence electrons. The molecule has 0 saturated carbocycles. The molecule has 0 spiro atoms. The predicted octanol–water partition coefficient (Wildman–Crippen LogP) is 6.98. The van der Waals surface area contributed by atoms with Crippen molar-refractivity contribution in [1.29, 1.82) is 0 Å². The first kappa shape index (κ1) is 32.9. The Hall–Kier alpha value is -2.33. The van der Waals surface area contributed by atoms with Crippen molar-refractivity contribution in [2.24, 2.45) is 0 Å². The van der Waals surface area contributed by atoms with Gasteiger partial charge in [0.2, 0.25) is 0 Å². The van der Waals surface area contributed by atoms with Gasteiger partial charge in [0, 0.05) is 5.97 Å². The van der Waals surface area contributed by atoms with E-state index in [4.69, 9.17) is 0 Å². The zero-order chi connectivity index (χ0) is 27.8. The first-order chi connectivity index (χ1) is 19.2. The van der Waals surface area contributed by atoms with Gasteiger partial charge in [-0.3, -0.25) is 0 Å². The number of aliphatic carboxylic acids is 1. The Labute approximate surface area is 245 Å². The van der Waals surface area contributed by atoms with Crippen LogP contribution in [0.4, 0.5) is 0 Å². The quantitative estimate of drug-likeness (QED) is 0.0865. The van der Waals surface area contributed by atoms with Gasteiger partial charge < -0.3 is 9.90 Å². The second-order valence-corrected chi connectivity index (χ2v) is 17.3. The third-order valence-corrected chi connectivity index (χ3v) is 14.6. The number of carboxylic acid groups (broad SMARTS) is 1. The van der Waals surface area contributed by atoms with Crippen LogP contribution in [0.2, 0.25) is 0 Å². The van der Waals surface area contributed by atoms with Crippen LogP contribution in [-0.2, 0) is 4.79 Å². The zero-order valence-corrected chi connectivity index (χ0v) is 26.9. The molecule has 0 N–H and O–H groups in total. The zero-order valence-electron chi connectivity index (χ0n) is 24.0. The van der Waals surface area contributed by atoms with Crippen molar-refractivity contribution in [3.8, 4) is 0 Å². The number of benzene rings is 3. The van der Waals surface area contributed by atoms with E-state index < -0.39 is 25.7 Å². The van der Waals surface area contributed by atoms with E-state index in [1.165, 1.54) is 74.9 Å². The number of hydrogen-bond donors (Lipinski definition) is 0. The van der Waals surface area contributed by atoms with Gasteiger partial charge in [0.1, 0.15) is 0 Å². The van der Waals surface area contributed by atoms with Crippen LogP contribution in [0.15, 0.2) is 103 Å². The van der Waals surface area contributed by atoms with Crippen molar-refractivity contribution in [1.82, 2.24) is 0 Å². The monoisotopic (exact) mass is 632 g/mol. The molecule has 0 atom stereocenters. The summed E-state index contributed by atoms with van der Waals surface area (Å²) in [6.45, 7) is 2.26. The summed E-state index contributed by atoms with van der Waals surface area (Å²) in [4.78, 5) is 10.2. The molecule has 39 heavy (non-hydrogen) atoms. The molecule has 3 rings (SSSR count). The van der Waals surface area contributed by atoms with Crippen LogP contribution in [-0.4, -0.2) is 25.7 Å². The third kappa shape index (κ3) is 15.7. The summed E-state index contributed by atoms with van der Waals surface area (Å²) in [5, 5.41) is 10.2. The molecule has 0 amide bonds. The molecule has 2 nitrogen and oxygen atoms in total. The Morgan fingerprint density at radius 2 is 0.923 bits per heavy atom. The van der Waals surface area contributed by atoms with Gasteiger partial charge in [-0.1, -0.05) is 70.4 Å². The molecule has 0 aromatic heterocycles. The fourth-order valence-corrected chi connectivity index (χ4v) is 12.0. The maximum atomic E-state index is 10.2. The van der Waals surface area contributed by atoms with Crippen molar-refractivity contribution < 1.29 is 9.90 Å². The number of carbonyl (C=O) groups excluding carboxylic acids is 1. The van der Waals surface area contributed by atoms with Crippen LogP contribution < -0.4 is 15.8 Å². The number of rotatable bonds is 18. The van der Waals surface area contributed by atoms with E-state index in [0.717, 1.165) is 19.3 Å². The molecule has 0 aliphatic heterocycles. The number of carboxylic acids is 1. The first-order valence-electron chi connectivity index (χ1n) is 15.1. The molecule has 0 unspecified atom stereocenters. The van der Waals surface area contributed by atoms with Gasteiger partial charge in [0.25, 0.3) is 0 Å². The molecule has 3 aromatic carbocycles. The predicted molar refractivity (Wildman–Crippen MR) is 168 cm³/mol. The second kappa shape index (κ2) is 22.5. The van der Waals surface area contributed by atoms with Crippen LogP contribution in [0, 0.1) is 0 Å². The van der Waals surface area contributed by atoms with Crippen LogP contribution in [0.1, 0.15) is 96.8 Å². The van der Waals surface area contributed by atoms with Gasteiger partial charge in [0.05, 0.1) is 0 Å². The fourth-order valence-electron chi connectivity index (χ4n) is 4.65. The van der Waals surface area contributed by atoms with E-state index >= 15 is 0 Å². The van der Waals surface area contributed by atoms with Crippen molar-refractivity contribution in [2.45, 2.75) is 96.8 Å². The van der Waals surface area contributed by atoms with Crippen LogP contribution >= 0.6 is 0 Å². The van der Waals surface area contributed by atoms with E-state index in [0.29, 0.717) is 0 Å². The molecule has 0 saturated heterocycles. The number of hydrogen-bond acceptors (Lipinski definition) is 2. The summed E-state index contributed by atoms with van der Waals surface area (Å²) in [6, 6.07) is 32.9. The Bertz CT molecular complexity index is 908. The van der Waals surface area contributed by atoms with E-state index in [1.807, 2.05) is 0 Å². The van der Waals surface area contributed by atoms with Crippen molar-refractivity contribution in [2.75, 3.05) is 0 Å². The third-order valence-electron chi connectivity index (χ3n) is 6.83. The minimum absolute atomic E-state index is 0.220. The van der Waals surface area contributed by atoms with Crippen LogP contribution in [0.5, 0.6) is 0 Å². The summed E-state index contributed by atoms with van der Waals surface area (Å²) in [7, 11) is 0. The van der Waals surface area contributed by atoms with Crippen molar-refractivity contribution >= 4 is 36.5 Å². The fraction of sp³-hybridized carbons (Fsp3) is 0.417. The van der Waals surface area contributed by atoms with Crippen molar-refractivity contribution in [3.63, 3.8) is 0 Å². The second-order valence-electron chi connectivity index (χ2n) is 10.2. The number of carbonyl (C=O) groups is 1. The molecule has 0 fully saturated rings. The minimum atomic E-state index is -1.98. The molecule has 3 aromatic rings. The standard InChI is InChI=1S/C18H34O2.3C6H5.Sn/c1-2-3-4-5-6-7-8-9-10-11-12-13-14-15-16-17-18(19)20;3*1-2-4-6-5-3-1;/h9-10H,2-8,11-17H2,1H3,(H,19,20);3*1-5H;/q;;;;+1/p-1. The van der Waals surface area contributed by atoms with Gasteiger partial charge in [-0.15, -0.1) is 0 Å². The van der Waals surface area contributed by atoms with E-state index in [2.05, 4.69) is 110 Å². The molecule has 0 bridgehead atoms. The summed E-state index contributed by atoms with van der Waals surface area (Å²) in [5.74, 6) is -0.914. The average molecular weight is 631 g/mol. The van der Waals surface area contributed by atoms with Gasteiger partial charge in [0.15, 0.2) is 0 Å². The summed E-state index contributed by atoms with van der Waals surface area (Å²) in [5.41, 5.74) is 0. The Kier molecular flexibility index (Phi) is 19.0. The molecule has 3 heteroatoms. The molecule has 0 heterocycles. The maximum absolute atomic E-state index is 10.2. The summed E-state index contributed by atoms with van der Waals surface area (Å²) >= 11 is -1.98. The summed E-state index contributed by atoms with van der Waals surface area (Å²) < 4.78 is 4.59. The van der Waals surface area contributed by atoms with Crippen LogP contribution in [0.25, 0.3) is 0 Å². The van der Waals surface area contributed by atoms with E-state index in [9.17, 15) is 9.90 Å². The topological polar surface area (TPSA) is 40.1 Å². The number of unbranched alkanes of at least 4 members (excludes halogenated alkanes) is 11. The van der Waals surface area contributed by atoms with Crippen molar-refractivity contribution in [3.05, 3.63) is 103 Å². The molecular formula is C36H48O2Sn. The van der Waals surface area contributed by atoms with E-state index in [1.54, 1.807) is 0 Å². The average Bonchev–Trinajstić information content (AvgIpc) is 2.97. The molecule has 0 aliphatic carbocycles. The SMILES string of the molecule is CCCCCCCCC=CCCCCCCCC(=O)[O-].c1cc[c]([Sn+]([c]2ccccc2)[c]2ccccc2)cc1. The van der Waals surface area contributed by atoms with E-state index in [-0.39, 0.29) is 6.42 Å².